The molecule has 0 radical (unpaired) electrons. The summed E-state index contributed by atoms with van der Waals surface area (Å²) in [4.78, 5) is 12.2. The van der Waals surface area contributed by atoms with Crippen molar-refractivity contribution in [1.82, 2.24) is 4.72 Å². The quantitative estimate of drug-likeness (QED) is 0.556. The zero-order valence-corrected chi connectivity index (χ0v) is 15.6. The number of carbonyl (C=O) groups is 1. The van der Waals surface area contributed by atoms with Gasteiger partial charge in [-0.25, -0.2) is 8.42 Å². The zero-order chi connectivity index (χ0) is 18.4. The Morgan fingerprint density at radius 3 is 2.56 bits per heavy atom. The van der Waals surface area contributed by atoms with Crippen LogP contribution in [0.4, 0.5) is 0 Å². The predicted molar refractivity (Wildman–Crippen MR) is 92.2 cm³/mol. The molecule has 1 aliphatic heterocycles. The van der Waals surface area contributed by atoms with Gasteiger partial charge in [-0.3, -0.25) is 4.79 Å². The Bertz CT molecular complexity index is 701. The first kappa shape index (κ1) is 19.5. The Kier molecular flexibility index (Phi) is 6.66. The maximum atomic E-state index is 12.7. The van der Waals surface area contributed by atoms with Gasteiger partial charge in [0.15, 0.2) is 11.5 Å². The summed E-state index contributed by atoms with van der Waals surface area (Å²) < 4.78 is 43.7. The van der Waals surface area contributed by atoms with Crippen LogP contribution in [0.5, 0.6) is 11.5 Å². The van der Waals surface area contributed by atoms with Crippen molar-refractivity contribution in [3.05, 3.63) is 18.2 Å². The molecule has 8 heteroatoms. The average molecular weight is 371 g/mol. The number of fused-ring (bicyclic) bond motifs is 1. The van der Waals surface area contributed by atoms with Crippen molar-refractivity contribution < 1.29 is 27.4 Å². The molecule has 1 aromatic rings. The maximum Gasteiger partial charge on any atom is 0.324 e. The fourth-order valence-corrected chi connectivity index (χ4v) is 3.64. The van der Waals surface area contributed by atoms with Gasteiger partial charge >= 0.3 is 5.97 Å². The summed E-state index contributed by atoms with van der Waals surface area (Å²) in [5.74, 6) is 0.0657. The largest absolute Gasteiger partial charge is 0.486 e. The molecule has 25 heavy (non-hydrogen) atoms. The third kappa shape index (κ3) is 5.09. The smallest absolute Gasteiger partial charge is 0.324 e. The number of ether oxygens (including phenoxy) is 3. The summed E-state index contributed by atoms with van der Waals surface area (Å²) >= 11 is 0. The molecule has 0 bridgehead atoms. The van der Waals surface area contributed by atoms with E-state index in [-0.39, 0.29) is 17.4 Å². The highest BCUT2D eigenvalue weighted by Gasteiger charge is 2.30. The lowest BCUT2D eigenvalue weighted by molar-refractivity contribution is -0.146. The van der Waals surface area contributed by atoms with Gasteiger partial charge in [0.2, 0.25) is 10.0 Å². The summed E-state index contributed by atoms with van der Waals surface area (Å²) in [6.07, 6.45) is 1.63. The highest BCUT2D eigenvalue weighted by molar-refractivity contribution is 7.89. The fourth-order valence-electron chi connectivity index (χ4n) is 2.29. The van der Waals surface area contributed by atoms with Crippen LogP contribution in [0, 0.1) is 5.92 Å². The van der Waals surface area contributed by atoms with E-state index in [1.807, 2.05) is 6.92 Å². The minimum Gasteiger partial charge on any atom is -0.486 e. The number of nitrogens with one attached hydrogen (secondary N) is 1. The van der Waals surface area contributed by atoms with Crippen LogP contribution in [0.3, 0.4) is 0 Å². The van der Waals surface area contributed by atoms with Crippen LogP contribution < -0.4 is 14.2 Å². The van der Waals surface area contributed by atoms with Crippen molar-refractivity contribution in [2.45, 2.75) is 44.6 Å². The van der Waals surface area contributed by atoms with Crippen molar-refractivity contribution in [2.24, 2.45) is 5.92 Å². The monoisotopic (exact) mass is 371 g/mol. The number of carbonyl (C=O) groups excluding carboxylic acids is 1. The van der Waals surface area contributed by atoms with E-state index < -0.39 is 22.0 Å². The topological polar surface area (TPSA) is 90.9 Å². The minimum absolute atomic E-state index is 0.0174. The van der Waals surface area contributed by atoms with Gasteiger partial charge in [0, 0.05) is 6.07 Å². The standard InChI is InChI=1S/C17H25NO6S/c1-4-5-8-24-17(19)16(12(2)3)18-25(20,21)13-6-7-14-15(11-13)23-10-9-22-14/h6-7,11-12,16,18H,4-5,8-10H2,1-3H3/t16-/m0/s1. The molecule has 0 spiro atoms. The number of hydrogen-bond donors (Lipinski definition) is 1. The molecule has 0 saturated carbocycles. The summed E-state index contributed by atoms with van der Waals surface area (Å²) in [5, 5.41) is 0. The van der Waals surface area contributed by atoms with Crippen molar-refractivity contribution >= 4 is 16.0 Å². The van der Waals surface area contributed by atoms with E-state index in [1.165, 1.54) is 12.1 Å². The van der Waals surface area contributed by atoms with Gasteiger partial charge < -0.3 is 14.2 Å². The third-order valence-electron chi connectivity index (χ3n) is 3.77. The number of rotatable bonds is 8. The molecule has 1 aliphatic rings. The van der Waals surface area contributed by atoms with Crippen LogP contribution in [0.15, 0.2) is 23.1 Å². The Morgan fingerprint density at radius 2 is 1.92 bits per heavy atom. The van der Waals surface area contributed by atoms with Crippen molar-refractivity contribution in [1.29, 1.82) is 0 Å². The van der Waals surface area contributed by atoms with Crippen LogP contribution >= 0.6 is 0 Å². The van der Waals surface area contributed by atoms with E-state index in [4.69, 9.17) is 14.2 Å². The van der Waals surface area contributed by atoms with Crippen LogP contribution in [0.25, 0.3) is 0 Å². The lowest BCUT2D eigenvalue weighted by Crippen LogP contribution is -2.45. The van der Waals surface area contributed by atoms with Crippen LogP contribution in [0.2, 0.25) is 0 Å². The molecule has 1 N–H and O–H groups in total. The molecule has 2 rings (SSSR count). The number of unbranched alkanes of at least 4 members (excludes halogenated alkanes) is 1. The first-order chi connectivity index (χ1) is 11.8. The second-order valence-electron chi connectivity index (χ2n) is 6.17. The first-order valence-electron chi connectivity index (χ1n) is 8.43. The van der Waals surface area contributed by atoms with Crippen molar-refractivity contribution in [3.8, 4) is 11.5 Å². The van der Waals surface area contributed by atoms with Crippen molar-refractivity contribution in [2.75, 3.05) is 19.8 Å². The second kappa shape index (κ2) is 8.53. The summed E-state index contributed by atoms with van der Waals surface area (Å²) in [6, 6.07) is 3.43. The summed E-state index contributed by atoms with van der Waals surface area (Å²) in [5.41, 5.74) is 0. The van der Waals surface area contributed by atoms with E-state index in [9.17, 15) is 13.2 Å². The molecule has 0 saturated heterocycles. The number of hydrogen-bond acceptors (Lipinski definition) is 6. The Balaban J connectivity index is 2.15. The molecule has 1 aromatic carbocycles. The van der Waals surface area contributed by atoms with Gasteiger partial charge in [0.25, 0.3) is 0 Å². The van der Waals surface area contributed by atoms with Gasteiger partial charge in [0.1, 0.15) is 19.3 Å². The molecule has 0 fully saturated rings. The second-order valence-corrected chi connectivity index (χ2v) is 7.88. The molecule has 0 unspecified atom stereocenters. The van der Waals surface area contributed by atoms with Crippen molar-refractivity contribution in [3.63, 3.8) is 0 Å². The van der Waals surface area contributed by atoms with E-state index in [2.05, 4.69) is 4.72 Å². The first-order valence-corrected chi connectivity index (χ1v) is 9.92. The molecular weight excluding hydrogens is 346 g/mol. The molecule has 1 atom stereocenters. The number of esters is 1. The van der Waals surface area contributed by atoms with E-state index >= 15 is 0 Å². The molecule has 0 aromatic heterocycles. The normalized spacial score (nSPS) is 15.0. The third-order valence-corrected chi connectivity index (χ3v) is 5.21. The Morgan fingerprint density at radius 1 is 1.24 bits per heavy atom. The lowest BCUT2D eigenvalue weighted by atomic mass is 10.1. The van der Waals surface area contributed by atoms with E-state index in [0.717, 1.165) is 12.8 Å². The zero-order valence-electron chi connectivity index (χ0n) is 14.8. The molecule has 0 amide bonds. The Labute approximate surface area is 148 Å². The molecule has 1 heterocycles. The molecule has 140 valence electrons. The highest BCUT2D eigenvalue weighted by Crippen LogP contribution is 2.32. The average Bonchev–Trinajstić information content (AvgIpc) is 2.59. The lowest BCUT2D eigenvalue weighted by Gasteiger charge is -2.22. The van der Waals surface area contributed by atoms with E-state index in [1.54, 1.807) is 19.9 Å². The van der Waals surface area contributed by atoms with Gasteiger partial charge in [-0.1, -0.05) is 27.2 Å². The SMILES string of the molecule is CCCCOC(=O)[C@@H](NS(=O)(=O)c1ccc2c(c1)OCCO2)C(C)C. The number of sulfonamides is 1. The maximum absolute atomic E-state index is 12.7. The van der Waals surface area contributed by atoms with Crippen LogP contribution in [0.1, 0.15) is 33.6 Å². The van der Waals surface area contributed by atoms with Crippen LogP contribution in [-0.4, -0.2) is 40.2 Å². The van der Waals surface area contributed by atoms with Gasteiger partial charge in [-0.2, -0.15) is 4.72 Å². The van der Waals surface area contributed by atoms with Gasteiger partial charge in [0.05, 0.1) is 11.5 Å². The fraction of sp³-hybridized carbons (Fsp3) is 0.588. The Hall–Kier alpha value is -1.80. The highest BCUT2D eigenvalue weighted by atomic mass is 32.2. The summed E-state index contributed by atoms with van der Waals surface area (Å²) in [6.45, 7) is 6.58. The molecule has 7 nitrogen and oxygen atoms in total. The molecular formula is C17H25NO6S. The van der Waals surface area contributed by atoms with E-state index in [0.29, 0.717) is 24.7 Å². The van der Waals surface area contributed by atoms with Gasteiger partial charge in [-0.05, 0) is 24.5 Å². The van der Waals surface area contributed by atoms with Gasteiger partial charge in [-0.15, -0.1) is 0 Å². The summed E-state index contributed by atoms with van der Waals surface area (Å²) in [7, 11) is -3.90. The molecule has 0 aliphatic carbocycles. The minimum atomic E-state index is -3.90. The number of benzene rings is 1. The predicted octanol–water partition coefficient (Wildman–Crippen LogP) is 2.10. The van der Waals surface area contributed by atoms with Crippen LogP contribution in [-0.2, 0) is 19.6 Å².